The predicted octanol–water partition coefficient (Wildman–Crippen LogP) is 5.33. The Morgan fingerprint density at radius 2 is 1.98 bits per heavy atom. The largest absolute Gasteiger partial charge is 0.484 e. The Hall–Kier alpha value is -3.73. The Kier molecular flexibility index (Phi) is 7.33. The zero-order chi connectivity index (χ0) is 30.1. The van der Waals surface area contributed by atoms with Crippen LogP contribution in [0.5, 0.6) is 11.6 Å². The molecule has 0 amide bonds. The summed E-state index contributed by atoms with van der Waals surface area (Å²) in [6.45, 7) is 1.04. The van der Waals surface area contributed by atoms with Gasteiger partial charge in [-0.25, -0.2) is 19.2 Å². The van der Waals surface area contributed by atoms with E-state index < -0.39 is 18.3 Å². The van der Waals surface area contributed by atoms with E-state index in [9.17, 15) is 14.3 Å². The number of hydrogen-bond donors (Lipinski definition) is 1. The Labute approximate surface area is 244 Å². The number of piperidine rings is 1. The van der Waals surface area contributed by atoms with Crippen LogP contribution in [0.3, 0.4) is 0 Å². The van der Waals surface area contributed by atoms with Gasteiger partial charge in [0.15, 0.2) is 11.6 Å². The summed E-state index contributed by atoms with van der Waals surface area (Å²) in [5.41, 5.74) is 1.72. The summed E-state index contributed by atoms with van der Waals surface area (Å²) in [6, 6.07) is 13.5. The van der Waals surface area contributed by atoms with Gasteiger partial charge in [-0.05, 0) is 61.7 Å². The number of ether oxygens (including phenoxy) is 3. The SMILES string of the molecule is [2H]C([2H])(Oc1ccc(Cl)cc1F)c1cccc(OC2CCN(Cc3nc4ccc(C(=O)O)cc4n3C[C@@H]3CCO3)CC2)n1. The lowest BCUT2D eigenvalue weighted by Crippen LogP contribution is -2.39. The van der Waals surface area contributed by atoms with Gasteiger partial charge in [0.2, 0.25) is 5.88 Å². The van der Waals surface area contributed by atoms with Crippen LogP contribution in [0.1, 0.15) is 43.9 Å². The number of carboxylic acids is 1. The molecule has 214 valence electrons. The molecule has 2 aromatic carbocycles. The molecule has 1 atom stereocenters. The van der Waals surface area contributed by atoms with Gasteiger partial charge in [-0.2, -0.15) is 0 Å². The Bertz CT molecular complexity index is 1640. The molecule has 2 aliphatic heterocycles. The van der Waals surface area contributed by atoms with Crippen LogP contribution in [-0.2, 0) is 24.4 Å². The molecule has 0 saturated carbocycles. The number of rotatable bonds is 10. The van der Waals surface area contributed by atoms with E-state index in [1.54, 1.807) is 30.3 Å². The summed E-state index contributed by atoms with van der Waals surface area (Å²) in [5, 5.41) is 9.67. The van der Waals surface area contributed by atoms with Crippen LogP contribution in [0.15, 0.2) is 54.6 Å². The third-order valence-corrected chi connectivity index (χ3v) is 7.56. The maximum atomic E-state index is 14.2. The summed E-state index contributed by atoms with van der Waals surface area (Å²) in [4.78, 5) is 23.0. The van der Waals surface area contributed by atoms with Crippen molar-refractivity contribution in [2.45, 2.75) is 51.1 Å². The number of pyridine rings is 1. The molecule has 1 N–H and O–H groups in total. The average molecular weight is 583 g/mol. The smallest absolute Gasteiger partial charge is 0.335 e. The van der Waals surface area contributed by atoms with E-state index in [4.69, 9.17) is 33.5 Å². The minimum atomic E-state index is -2.40. The fourth-order valence-electron chi connectivity index (χ4n) is 5.02. The van der Waals surface area contributed by atoms with Gasteiger partial charge < -0.3 is 23.9 Å². The minimum absolute atomic E-state index is 0.0443. The van der Waals surface area contributed by atoms with Crippen LogP contribution in [0.4, 0.5) is 4.39 Å². The summed E-state index contributed by atoms with van der Waals surface area (Å²) in [5.74, 6) is -0.895. The van der Waals surface area contributed by atoms with E-state index in [2.05, 4.69) is 14.5 Å². The van der Waals surface area contributed by atoms with Crippen molar-refractivity contribution in [1.82, 2.24) is 19.4 Å². The second-order valence-electron chi connectivity index (χ2n) is 10.2. The molecule has 0 spiro atoms. The molecule has 0 aliphatic carbocycles. The molecule has 0 radical (unpaired) electrons. The standard InChI is InChI=1S/C30H30ClFN4O5/c31-20-5-7-27(24(32)15-20)40-18-21-2-1-3-29(33-21)41-22-8-11-35(12-9-22)17-28-34-25-6-4-19(30(37)38)14-26(25)36(28)16-23-10-13-39-23/h1-7,14-15,22-23H,8-13,16-18H2,(H,37,38)/t23-/m0/s1/i18D2. The number of hydrogen-bond acceptors (Lipinski definition) is 7. The van der Waals surface area contributed by atoms with E-state index in [0.717, 1.165) is 61.9 Å². The number of halogens is 2. The first-order valence-corrected chi connectivity index (χ1v) is 13.9. The van der Waals surface area contributed by atoms with Crippen molar-refractivity contribution < 1.29 is 31.2 Å². The first kappa shape index (κ1) is 25.0. The van der Waals surface area contributed by atoms with Crippen LogP contribution >= 0.6 is 11.6 Å². The molecule has 4 aromatic rings. The van der Waals surface area contributed by atoms with E-state index >= 15 is 0 Å². The van der Waals surface area contributed by atoms with Gasteiger partial charge in [0.25, 0.3) is 0 Å². The molecule has 9 nitrogen and oxygen atoms in total. The molecule has 6 rings (SSSR count). The zero-order valence-corrected chi connectivity index (χ0v) is 22.9. The molecule has 11 heteroatoms. The number of likely N-dealkylation sites (tertiary alicyclic amines) is 1. The highest BCUT2D eigenvalue weighted by Gasteiger charge is 2.26. The van der Waals surface area contributed by atoms with Gasteiger partial charge in [-0.3, -0.25) is 4.90 Å². The quantitative estimate of drug-likeness (QED) is 0.268. The highest BCUT2D eigenvalue weighted by Crippen LogP contribution is 2.26. The topological polar surface area (TPSA) is 98.9 Å². The third kappa shape index (κ3) is 6.45. The van der Waals surface area contributed by atoms with Gasteiger partial charge in [0, 0.05) is 30.8 Å². The molecule has 0 unspecified atom stereocenters. The van der Waals surface area contributed by atoms with Gasteiger partial charge in [-0.15, -0.1) is 0 Å². The third-order valence-electron chi connectivity index (χ3n) is 7.32. The first-order valence-electron chi connectivity index (χ1n) is 14.5. The fraction of sp³-hybridized carbons (Fsp3) is 0.367. The summed E-state index contributed by atoms with van der Waals surface area (Å²) in [7, 11) is 0. The molecule has 2 aromatic heterocycles. The number of imidazole rings is 1. The number of fused-ring (bicyclic) bond motifs is 1. The monoisotopic (exact) mass is 582 g/mol. The fourth-order valence-corrected chi connectivity index (χ4v) is 5.18. The maximum absolute atomic E-state index is 14.2. The minimum Gasteiger partial charge on any atom is -0.484 e. The summed E-state index contributed by atoms with van der Waals surface area (Å²) >= 11 is 5.78. The average Bonchev–Trinajstić information content (AvgIpc) is 3.29. The number of benzene rings is 2. The molecular weight excluding hydrogens is 551 g/mol. The van der Waals surface area contributed by atoms with Crippen LogP contribution in [0.25, 0.3) is 11.0 Å². The first-order chi connectivity index (χ1) is 20.6. The molecule has 4 heterocycles. The molecular formula is C30H30ClFN4O5. The Morgan fingerprint density at radius 1 is 1.15 bits per heavy atom. The second kappa shape index (κ2) is 12.0. The van der Waals surface area contributed by atoms with Crippen molar-refractivity contribution in [3.8, 4) is 11.6 Å². The van der Waals surface area contributed by atoms with Crippen LogP contribution in [0.2, 0.25) is 5.02 Å². The van der Waals surface area contributed by atoms with E-state index in [0.29, 0.717) is 13.1 Å². The second-order valence-corrected chi connectivity index (χ2v) is 10.6. The van der Waals surface area contributed by atoms with Crippen LogP contribution < -0.4 is 9.47 Å². The highest BCUT2D eigenvalue weighted by molar-refractivity contribution is 6.30. The summed E-state index contributed by atoms with van der Waals surface area (Å²) < 4.78 is 50.0. The predicted molar refractivity (Wildman–Crippen MR) is 150 cm³/mol. The molecule has 2 saturated heterocycles. The van der Waals surface area contributed by atoms with Crippen molar-refractivity contribution in [2.24, 2.45) is 0 Å². The van der Waals surface area contributed by atoms with Crippen LogP contribution in [-0.4, -0.2) is 62.4 Å². The lowest BCUT2D eigenvalue weighted by Gasteiger charge is -2.32. The summed E-state index contributed by atoms with van der Waals surface area (Å²) in [6.07, 6.45) is 2.37. The van der Waals surface area contributed by atoms with Gasteiger partial charge >= 0.3 is 5.97 Å². The number of aromatic nitrogens is 3. The van der Waals surface area contributed by atoms with Crippen molar-refractivity contribution in [3.63, 3.8) is 0 Å². The highest BCUT2D eigenvalue weighted by atomic mass is 35.5. The lowest BCUT2D eigenvalue weighted by molar-refractivity contribution is -0.0592. The van der Waals surface area contributed by atoms with E-state index in [1.807, 2.05) is 0 Å². The zero-order valence-electron chi connectivity index (χ0n) is 24.1. The van der Waals surface area contributed by atoms with Gasteiger partial charge in [0.05, 0.1) is 44.2 Å². The van der Waals surface area contributed by atoms with E-state index in [1.165, 1.54) is 18.2 Å². The maximum Gasteiger partial charge on any atom is 0.335 e. The number of aromatic carboxylic acids is 1. The normalized spacial score (nSPS) is 18.9. The molecule has 2 fully saturated rings. The van der Waals surface area contributed by atoms with Gasteiger partial charge in [0.1, 0.15) is 18.5 Å². The Morgan fingerprint density at radius 3 is 2.71 bits per heavy atom. The van der Waals surface area contributed by atoms with Crippen molar-refractivity contribution >= 4 is 28.6 Å². The van der Waals surface area contributed by atoms with E-state index in [-0.39, 0.29) is 40.1 Å². The molecule has 41 heavy (non-hydrogen) atoms. The van der Waals surface area contributed by atoms with Crippen LogP contribution in [0, 0.1) is 5.82 Å². The number of carboxylic acid groups (broad SMARTS) is 1. The number of carbonyl (C=O) groups is 1. The van der Waals surface area contributed by atoms with Crippen molar-refractivity contribution in [1.29, 1.82) is 0 Å². The molecule has 2 aliphatic rings. The lowest BCUT2D eigenvalue weighted by atomic mass is 10.1. The van der Waals surface area contributed by atoms with Gasteiger partial charge in [-0.1, -0.05) is 17.7 Å². The van der Waals surface area contributed by atoms with Crippen molar-refractivity contribution in [3.05, 3.63) is 82.5 Å². The Balaban J connectivity index is 1.09. The molecule has 0 bridgehead atoms. The number of nitrogens with zero attached hydrogens (tertiary/aromatic N) is 4. The van der Waals surface area contributed by atoms with Crippen molar-refractivity contribution in [2.75, 3.05) is 19.7 Å².